The molecule has 0 aromatic carbocycles. The van der Waals surface area contributed by atoms with Gasteiger partial charge in [0.05, 0.1) is 6.61 Å². The molecule has 1 rings (SSSR count). The van der Waals surface area contributed by atoms with Crippen molar-refractivity contribution >= 4 is 8.07 Å². The van der Waals surface area contributed by atoms with Crippen LogP contribution in [0, 0.1) is 17.4 Å². The normalized spacial score (nSPS) is 21.1. The number of hydrogen-bond donors (Lipinski definition) is 0. The highest BCUT2D eigenvalue weighted by molar-refractivity contribution is 6.87. The van der Waals surface area contributed by atoms with E-state index in [1.807, 2.05) is 0 Å². The summed E-state index contributed by atoms with van der Waals surface area (Å²) in [6.45, 7) is 10.8. The van der Waals surface area contributed by atoms with Crippen LogP contribution in [0.1, 0.15) is 53.4 Å². The van der Waals surface area contributed by atoms with Gasteiger partial charge in [-0.15, -0.1) is 11.5 Å². The van der Waals surface area contributed by atoms with Gasteiger partial charge in [-0.1, -0.05) is 27.7 Å². The number of ether oxygens (including phenoxy) is 2. The van der Waals surface area contributed by atoms with Crippen LogP contribution in [0.15, 0.2) is 0 Å². The zero-order valence-electron chi connectivity index (χ0n) is 13.8. The maximum atomic E-state index is 5.83. The van der Waals surface area contributed by atoms with Gasteiger partial charge in [0.25, 0.3) is 0 Å². The second-order valence-corrected chi connectivity index (χ2v) is 11.0. The standard InChI is InChI=1S/C17H32O2Si/c1-5-20(6-2,7-3)14-10-11-16(4)15-19-17-12-8-9-13-18-17/h16-17H,5-9,11-13,15H2,1-4H3/t16-,17-/m1/s1. The van der Waals surface area contributed by atoms with E-state index in [0.717, 1.165) is 26.1 Å². The van der Waals surface area contributed by atoms with Gasteiger partial charge >= 0.3 is 0 Å². The van der Waals surface area contributed by atoms with Crippen LogP contribution in [0.4, 0.5) is 0 Å². The Kier molecular flexibility index (Phi) is 8.52. The van der Waals surface area contributed by atoms with E-state index in [9.17, 15) is 0 Å². The third-order valence-corrected chi connectivity index (χ3v) is 9.31. The Labute approximate surface area is 126 Å². The molecule has 1 fully saturated rings. The SMILES string of the molecule is CC[Si](C#CC[C@@H](C)CO[C@@H]1CCCCO1)(CC)CC. The highest BCUT2D eigenvalue weighted by Gasteiger charge is 2.24. The minimum absolute atomic E-state index is 0.0366. The van der Waals surface area contributed by atoms with Crippen molar-refractivity contribution in [1.82, 2.24) is 0 Å². The summed E-state index contributed by atoms with van der Waals surface area (Å²) >= 11 is 0. The molecule has 0 spiro atoms. The molecule has 3 heteroatoms. The minimum atomic E-state index is -1.27. The minimum Gasteiger partial charge on any atom is -0.353 e. The first-order valence-electron chi connectivity index (χ1n) is 8.39. The lowest BCUT2D eigenvalue weighted by Crippen LogP contribution is -2.29. The first-order chi connectivity index (χ1) is 9.65. The molecule has 0 saturated carbocycles. The molecule has 2 nitrogen and oxygen atoms in total. The first-order valence-corrected chi connectivity index (χ1v) is 11.0. The Morgan fingerprint density at radius 3 is 2.45 bits per heavy atom. The summed E-state index contributed by atoms with van der Waals surface area (Å²) in [6, 6.07) is 3.86. The molecule has 116 valence electrons. The maximum Gasteiger partial charge on any atom is 0.157 e. The van der Waals surface area contributed by atoms with Crippen LogP contribution in [-0.2, 0) is 9.47 Å². The van der Waals surface area contributed by atoms with Gasteiger partial charge in [0.1, 0.15) is 8.07 Å². The van der Waals surface area contributed by atoms with Crippen molar-refractivity contribution < 1.29 is 9.47 Å². The summed E-state index contributed by atoms with van der Waals surface area (Å²) in [5, 5.41) is 0. The molecule has 1 saturated heterocycles. The van der Waals surface area contributed by atoms with E-state index < -0.39 is 8.07 Å². The molecule has 0 N–H and O–H groups in total. The first kappa shape index (κ1) is 17.7. The molecule has 0 aromatic heterocycles. The van der Waals surface area contributed by atoms with E-state index >= 15 is 0 Å². The molecule has 0 aliphatic carbocycles. The van der Waals surface area contributed by atoms with Gasteiger partial charge in [-0.25, -0.2) is 0 Å². The molecule has 0 unspecified atom stereocenters. The molecule has 0 amide bonds. The summed E-state index contributed by atoms with van der Waals surface area (Å²) in [5.74, 6) is 3.96. The lowest BCUT2D eigenvalue weighted by atomic mass is 10.1. The molecule has 0 radical (unpaired) electrons. The fourth-order valence-corrected chi connectivity index (χ4v) is 5.11. The van der Waals surface area contributed by atoms with E-state index in [0.29, 0.717) is 5.92 Å². The molecule has 1 aliphatic rings. The van der Waals surface area contributed by atoms with Crippen LogP contribution < -0.4 is 0 Å². The summed E-state index contributed by atoms with van der Waals surface area (Å²) in [6.07, 6.45) is 4.46. The molecule has 1 aliphatic heterocycles. The Hall–Kier alpha value is -0.303. The zero-order valence-corrected chi connectivity index (χ0v) is 14.8. The van der Waals surface area contributed by atoms with Crippen molar-refractivity contribution in [1.29, 1.82) is 0 Å². The smallest absolute Gasteiger partial charge is 0.157 e. The van der Waals surface area contributed by atoms with Crippen molar-refractivity contribution in [3.8, 4) is 11.5 Å². The summed E-state index contributed by atoms with van der Waals surface area (Å²) < 4.78 is 11.4. The van der Waals surface area contributed by atoms with E-state index in [2.05, 4.69) is 39.2 Å². The van der Waals surface area contributed by atoms with Gasteiger partial charge in [0.15, 0.2) is 6.29 Å². The van der Waals surface area contributed by atoms with Crippen LogP contribution in [-0.4, -0.2) is 27.6 Å². The number of rotatable bonds is 7. The molecule has 20 heavy (non-hydrogen) atoms. The monoisotopic (exact) mass is 296 g/mol. The molecular formula is C17H32O2Si. The van der Waals surface area contributed by atoms with Gasteiger partial charge in [-0.2, -0.15) is 0 Å². The van der Waals surface area contributed by atoms with Crippen LogP contribution in [0.5, 0.6) is 0 Å². The third-order valence-electron chi connectivity index (χ3n) is 4.54. The number of hydrogen-bond acceptors (Lipinski definition) is 2. The van der Waals surface area contributed by atoms with Gasteiger partial charge in [0, 0.05) is 13.0 Å². The maximum absolute atomic E-state index is 5.83. The lowest BCUT2D eigenvalue weighted by Gasteiger charge is -2.24. The Balaban J connectivity index is 2.30. The zero-order chi connectivity index (χ0) is 14.8. The van der Waals surface area contributed by atoms with Crippen molar-refractivity contribution in [3.63, 3.8) is 0 Å². The second kappa shape index (κ2) is 9.60. The predicted octanol–water partition coefficient (Wildman–Crippen LogP) is 4.61. The average Bonchev–Trinajstić information content (AvgIpc) is 2.51. The lowest BCUT2D eigenvalue weighted by molar-refractivity contribution is -0.167. The molecular weight excluding hydrogens is 264 g/mol. The van der Waals surface area contributed by atoms with E-state index in [4.69, 9.17) is 9.47 Å². The van der Waals surface area contributed by atoms with Gasteiger partial charge in [-0.05, 0) is 43.3 Å². The largest absolute Gasteiger partial charge is 0.353 e. The van der Waals surface area contributed by atoms with Crippen LogP contribution in [0.2, 0.25) is 18.1 Å². The van der Waals surface area contributed by atoms with E-state index in [1.54, 1.807) is 0 Å². The fraction of sp³-hybridized carbons (Fsp3) is 0.882. The molecule has 1 heterocycles. The Morgan fingerprint density at radius 2 is 1.90 bits per heavy atom. The predicted molar refractivity (Wildman–Crippen MR) is 88.3 cm³/mol. The summed E-state index contributed by atoms with van der Waals surface area (Å²) in [4.78, 5) is 0. The summed E-state index contributed by atoms with van der Waals surface area (Å²) in [7, 11) is -1.27. The van der Waals surface area contributed by atoms with Crippen molar-refractivity contribution in [2.45, 2.75) is 77.8 Å². The van der Waals surface area contributed by atoms with Crippen LogP contribution in [0.3, 0.4) is 0 Å². The van der Waals surface area contributed by atoms with E-state index in [-0.39, 0.29) is 6.29 Å². The second-order valence-electron chi connectivity index (χ2n) is 6.08. The summed E-state index contributed by atoms with van der Waals surface area (Å²) in [5.41, 5.74) is 3.65. The van der Waals surface area contributed by atoms with Crippen molar-refractivity contribution in [3.05, 3.63) is 0 Å². The van der Waals surface area contributed by atoms with Crippen LogP contribution in [0.25, 0.3) is 0 Å². The highest BCUT2D eigenvalue weighted by atomic mass is 28.3. The van der Waals surface area contributed by atoms with E-state index in [1.165, 1.54) is 31.0 Å². The third kappa shape index (κ3) is 5.99. The Morgan fingerprint density at radius 1 is 1.20 bits per heavy atom. The van der Waals surface area contributed by atoms with Crippen LogP contribution >= 0.6 is 0 Å². The Bertz CT molecular complexity index is 300. The molecule has 2 atom stereocenters. The fourth-order valence-electron chi connectivity index (χ4n) is 2.60. The van der Waals surface area contributed by atoms with Crippen molar-refractivity contribution in [2.75, 3.05) is 13.2 Å². The molecule has 0 bridgehead atoms. The van der Waals surface area contributed by atoms with Gasteiger partial charge < -0.3 is 9.47 Å². The highest BCUT2D eigenvalue weighted by Crippen LogP contribution is 2.19. The quantitative estimate of drug-likeness (QED) is 0.504. The van der Waals surface area contributed by atoms with Gasteiger partial charge in [0.2, 0.25) is 0 Å². The van der Waals surface area contributed by atoms with Gasteiger partial charge in [-0.3, -0.25) is 0 Å². The topological polar surface area (TPSA) is 18.5 Å². The average molecular weight is 297 g/mol. The molecule has 0 aromatic rings. The van der Waals surface area contributed by atoms with Crippen molar-refractivity contribution in [2.24, 2.45) is 5.92 Å².